The first-order valence-electron chi connectivity index (χ1n) is 8.73. The lowest BCUT2D eigenvalue weighted by atomic mass is 9.65. The van der Waals surface area contributed by atoms with E-state index in [1.807, 2.05) is 0 Å². The lowest BCUT2D eigenvalue weighted by molar-refractivity contribution is -0.129. The average molecular weight is 370 g/mol. The fraction of sp³-hybridized carbons (Fsp3) is 0.706. The minimum absolute atomic E-state index is 0. The van der Waals surface area contributed by atoms with Crippen LogP contribution < -0.4 is 11.1 Å². The van der Waals surface area contributed by atoms with Crippen molar-refractivity contribution in [2.45, 2.75) is 44.7 Å². The van der Waals surface area contributed by atoms with Crippen molar-refractivity contribution in [3.8, 4) is 0 Å². The Labute approximate surface area is 154 Å². The summed E-state index contributed by atoms with van der Waals surface area (Å²) in [6, 6.07) is 0.266. The quantitative estimate of drug-likeness (QED) is 0.840. The second-order valence-corrected chi connectivity index (χ2v) is 7.40. The van der Waals surface area contributed by atoms with Crippen LogP contribution in [0.15, 0.2) is 12.4 Å². The molecule has 140 valence electrons. The molecule has 0 aliphatic heterocycles. The monoisotopic (exact) mass is 369 g/mol. The molecule has 1 aromatic heterocycles. The fourth-order valence-electron chi connectivity index (χ4n) is 4.04. The zero-order valence-electron chi connectivity index (χ0n) is 14.9. The fourth-order valence-corrected chi connectivity index (χ4v) is 4.04. The first-order valence-corrected chi connectivity index (χ1v) is 8.73. The Kier molecular flexibility index (Phi) is 6.46. The van der Waals surface area contributed by atoms with Gasteiger partial charge in [0, 0.05) is 32.3 Å². The maximum atomic E-state index is 12.6. The summed E-state index contributed by atoms with van der Waals surface area (Å²) < 4.78 is 1.55. The van der Waals surface area contributed by atoms with Crippen LogP contribution in [0.2, 0.25) is 0 Å². The van der Waals surface area contributed by atoms with E-state index in [9.17, 15) is 9.59 Å². The van der Waals surface area contributed by atoms with Crippen LogP contribution >= 0.6 is 12.4 Å². The van der Waals surface area contributed by atoms with Gasteiger partial charge in [0.15, 0.2) is 0 Å². The summed E-state index contributed by atoms with van der Waals surface area (Å²) in [7, 11) is 3.42. The van der Waals surface area contributed by atoms with Crippen LogP contribution in [0, 0.1) is 17.8 Å². The van der Waals surface area contributed by atoms with E-state index >= 15 is 0 Å². The lowest BCUT2D eigenvalue weighted by Crippen LogP contribution is -2.48. The Hall–Kier alpha value is -1.60. The third-order valence-corrected chi connectivity index (χ3v) is 5.48. The summed E-state index contributed by atoms with van der Waals surface area (Å²) >= 11 is 0. The molecule has 2 saturated carbocycles. The summed E-state index contributed by atoms with van der Waals surface area (Å²) in [5.74, 6) is 1.01. The summed E-state index contributed by atoms with van der Waals surface area (Å²) in [5.41, 5.74) is 6.94. The standard InChI is InChI=1S/C17H27N5O2.ClH/c1-21(2)15(23)10-22-9-14(8-19-22)20-17(24)13-6-11-4-3-5-12(7-13)16(11)18;/h8-9,11-13,16H,3-7,10,18H2,1-2H3,(H,20,24);1H. The van der Waals surface area contributed by atoms with Crippen molar-refractivity contribution < 1.29 is 9.59 Å². The van der Waals surface area contributed by atoms with Crippen molar-refractivity contribution >= 4 is 29.9 Å². The van der Waals surface area contributed by atoms with E-state index in [1.54, 1.807) is 31.2 Å². The molecule has 8 heteroatoms. The molecule has 2 atom stereocenters. The van der Waals surface area contributed by atoms with Gasteiger partial charge in [-0.05, 0) is 37.5 Å². The number of aromatic nitrogens is 2. The SMILES string of the molecule is CN(C)C(=O)Cn1cc(NC(=O)C2CC3CCCC(C2)C3N)cn1.Cl. The van der Waals surface area contributed by atoms with Crippen molar-refractivity contribution in [2.24, 2.45) is 23.5 Å². The van der Waals surface area contributed by atoms with Crippen LogP contribution in [0.5, 0.6) is 0 Å². The number of nitrogens with two attached hydrogens (primary N) is 1. The zero-order valence-corrected chi connectivity index (χ0v) is 15.7. The first-order chi connectivity index (χ1) is 11.4. The number of rotatable bonds is 4. The second kappa shape index (κ2) is 8.19. The third kappa shape index (κ3) is 4.52. The predicted octanol–water partition coefficient (Wildman–Crippen LogP) is 1.49. The molecule has 3 N–H and O–H groups in total. The van der Waals surface area contributed by atoms with Gasteiger partial charge in [-0.15, -0.1) is 12.4 Å². The van der Waals surface area contributed by atoms with Gasteiger partial charge in [0.2, 0.25) is 11.8 Å². The van der Waals surface area contributed by atoms with Crippen LogP contribution in [-0.4, -0.2) is 46.6 Å². The van der Waals surface area contributed by atoms with E-state index in [1.165, 1.54) is 11.3 Å². The molecule has 1 heterocycles. The maximum absolute atomic E-state index is 12.6. The number of hydrogen-bond donors (Lipinski definition) is 2. The lowest BCUT2D eigenvalue weighted by Gasteiger charge is -2.43. The Morgan fingerprint density at radius 1 is 1.32 bits per heavy atom. The van der Waals surface area contributed by atoms with Gasteiger partial charge in [-0.3, -0.25) is 14.3 Å². The van der Waals surface area contributed by atoms with Crippen LogP contribution in [0.4, 0.5) is 5.69 Å². The highest BCUT2D eigenvalue weighted by molar-refractivity contribution is 5.92. The average Bonchev–Trinajstić information content (AvgIpc) is 2.93. The summed E-state index contributed by atoms with van der Waals surface area (Å²) in [6.07, 6.45) is 8.60. The van der Waals surface area contributed by atoms with Crippen LogP contribution in [0.1, 0.15) is 32.1 Å². The molecule has 0 spiro atoms. The number of nitrogens with one attached hydrogen (secondary N) is 1. The Morgan fingerprint density at radius 3 is 2.56 bits per heavy atom. The molecule has 3 rings (SSSR count). The molecule has 2 fully saturated rings. The molecule has 0 aromatic carbocycles. The van der Waals surface area contributed by atoms with Crippen molar-refractivity contribution in [3.05, 3.63) is 12.4 Å². The number of likely N-dealkylation sites (N-methyl/N-ethyl adjacent to an activating group) is 1. The molecule has 2 amide bonds. The Bertz CT molecular complexity index is 604. The molecular formula is C17H28ClN5O2. The number of hydrogen-bond acceptors (Lipinski definition) is 4. The summed E-state index contributed by atoms with van der Waals surface area (Å²) in [5, 5.41) is 7.09. The van der Waals surface area contributed by atoms with E-state index in [4.69, 9.17) is 5.73 Å². The van der Waals surface area contributed by atoms with Crippen molar-refractivity contribution in [3.63, 3.8) is 0 Å². The number of fused-ring (bicyclic) bond motifs is 2. The molecule has 2 bridgehead atoms. The van der Waals surface area contributed by atoms with E-state index in [0.717, 1.165) is 25.7 Å². The number of halogens is 1. The molecule has 0 saturated heterocycles. The molecule has 2 unspecified atom stereocenters. The number of anilines is 1. The summed E-state index contributed by atoms with van der Waals surface area (Å²) in [4.78, 5) is 25.8. The first kappa shape index (κ1) is 19.7. The van der Waals surface area contributed by atoms with E-state index in [0.29, 0.717) is 17.5 Å². The minimum atomic E-state index is -0.0370. The number of carbonyl (C=O) groups excluding carboxylic acids is 2. The molecule has 7 nitrogen and oxygen atoms in total. The molecule has 0 radical (unpaired) electrons. The van der Waals surface area contributed by atoms with Gasteiger partial charge in [0.25, 0.3) is 0 Å². The van der Waals surface area contributed by atoms with Gasteiger partial charge in [0.1, 0.15) is 6.54 Å². The smallest absolute Gasteiger partial charge is 0.243 e. The Balaban J connectivity index is 0.00000225. The van der Waals surface area contributed by atoms with Crippen molar-refractivity contribution in [2.75, 3.05) is 19.4 Å². The van der Waals surface area contributed by atoms with Gasteiger partial charge in [-0.2, -0.15) is 5.10 Å². The van der Waals surface area contributed by atoms with Crippen molar-refractivity contribution in [1.29, 1.82) is 0 Å². The zero-order chi connectivity index (χ0) is 17.3. The number of carbonyl (C=O) groups is 2. The minimum Gasteiger partial charge on any atom is -0.347 e. The van der Waals surface area contributed by atoms with Crippen LogP contribution in [-0.2, 0) is 16.1 Å². The van der Waals surface area contributed by atoms with Crippen LogP contribution in [0.25, 0.3) is 0 Å². The normalized spacial score (nSPS) is 28.0. The van der Waals surface area contributed by atoms with E-state index in [-0.39, 0.29) is 42.7 Å². The van der Waals surface area contributed by atoms with Gasteiger partial charge in [-0.25, -0.2) is 0 Å². The highest BCUT2D eigenvalue weighted by atomic mass is 35.5. The Morgan fingerprint density at radius 2 is 1.96 bits per heavy atom. The number of amides is 2. The van der Waals surface area contributed by atoms with Crippen molar-refractivity contribution in [1.82, 2.24) is 14.7 Å². The van der Waals surface area contributed by atoms with Gasteiger partial charge in [0.05, 0.1) is 11.9 Å². The van der Waals surface area contributed by atoms with Gasteiger partial charge < -0.3 is 16.0 Å². The molecule has 2 aliphatic carbocycles. The van der Waals surface area contributed by atoms with E-state index in [2.05, 4.69) is 10.4 Å². The maximum Gasteiger partial charge on any atom is 0.243 e. The van der Waals surface area contributed by atoms with Gasteiger partial charge in [-0.1, -0.05) is 6.42 Å². The highest BCUT2D eigenvalue weighted by Crippen LogP contribution is 2.42. The molecular weight excluding hydrogens is 342 g/mol. The van der Waals surface area contributed by atoms with Crippen LogP contribution in [0.3, 0.4) is 0 Å². The van der Waals surface area contributed by atoms with Gasteiger partial charge >= 0.3 is 0 Å². The summed E-state index contributed by atoms with van der Waals surface area (Å²) in [6.45, 7) is 0.172. The topological polar surface area (TPSA) is 93.2 Å². The molecule has 2 aliphatic rings. The molecule has 1 aromatic rings. The largest absolute Gasteiger partial charge is 0.347 e. The highest BCUT2D eigenvalue weighted by Gasteiger charge is 2.40. The van der Waals surface area contributed by atoms with E-state index < -0.39 is 0 Å². The second-order valence-electron chi connectivity index (χ2n) is 7.40. The predicted molar refractivity (Wildman–Crippen MR) is 98.3 cm³/mol. The molecule has 25 heavy (non-hydrogen) atoms. The third-order valence-electron chi connectivity index (χ3n) is 5.48. The number of nitrogens with zero attached hydrogens (tertiary/aromatic N) is 3.